The highest BCUT2D eigenvalue weighted by Gasteiger charge is 2.27. The Morgan fingerprint density at radius 2 is 1.96 bits per heavy atom. The molecule has 0 saturated carbocycles. The van der Waals surface area contributed by atoms with E-state index in [1.165, 1.54) is 29.5 Å². The topological polar surface area (TPSA) is 102 Å². The van der Waals surface area contributed by atoms with Crippen LogP contribution < -0.4 is 10.6 Å². The molecular weight excluding hydrogens is 398 g/mol. The molecule has 3 rings (SSSR count). The molecule has 1 aromatic heterocycles. The summed E-state index contributed by atoms with van der Waals surface area (Å²) in [4.78, 5) is 24.9. The third-order valence-electron chi connectivity index (χ3n) is 4.11. The van der Waals surface area contributed by atoms with Crippen molar-refractivity contribution in [1.29, 1.82) is 5.26 Å². The fraction of sp³-hybridized carbons (Fsp3) is 0.150. The molecular formula is C20H16ClN3O3S. The van der Waals surface area contributed by atoms with Crippen LogP contribution in [0, 0.1) is 11.3 Å². The van der Waals surface area contributed by atoms with E-state index < -0.39 is 17.4 Å². The van der Waals surface area contributed by atoms with Crippen LogP contribution in [0.5, 0.6) is 0 Å². The maximum absolute atomic E-state index is 12.1. The van der Waals surface area contributed by atoms with Crippen molar-refractivity contribution in [3.8, 4) is 6.07 Å². The molecule has 28 heavy (non-hydrogen) atoms. The van der Waals surface area contributed by atoms with E-state index >= 15 is 0 Å². The number of thiophene rings is 1. The number of nitriles is 1. The van der Waals surface area contributed by atoms with Crippen LogP contribution >= 0.6 is 22.9 Å². The fourth-order valence-corrected chi connectivity index (χ4v) is 3.84. The monoisotopic (exact) mass is 413 g/mol. The van der Waals surface area contributed by atoms with E-state index in [0.29, 0.717) is 9.90 Å². The molecule has 8 heteroatoms. The minimum atomic E-state index is -1.34. The first-order chi connectivity index (χ1) is 13.3. The maximum Gasteiger partial charge on any atom is 0.313 e. The number of aliphatic hydroxyl groups is 1. The molecule has 0 bridgehead atoms. The zero-order valence-electron chi connectivity index (χ0n) is 14.8. The quantitative estimate of drug-likeness (QED) is 0.570. The molecule has 0 aliphatic rings. The molecule has 0 radical (unpaired) electrons. The number of hydrogen-bond donors (Lipinski definition) is 3. The average molecular weight is 414 g/mol. The van der Waals surface area contributed by atoms with Crippen LogP contribution in [0.3, 0.4) is 0 Å². The van der Waals surface area contributed by atoms with E-state index in [-0.39, 0.29) is 17.8 Å². The molecule has 1 heterocycles. The van der Waals surface area contributed by atoms with E-state index in [2.05, 4.69) is 10.6 Å². The van der Waals surface area contributed by atoms with Gasteiger partial charge in [0.1, 0.15) is 11.7 Å². The van der Waals surface area contributed by atoms with Crippen molar-refractivity contribution in [2.45, 2.75) is 12.5 Å². The van der Waals surface area contributed by atoms with Gasteiger partial charge in [-0.1, -0.05) is 29.8 Å². The molecule has 2 aromatic carbocycles. The van der Waals surface area contributed by atoms with E-state index in [1.54, 1.807) is 6.92 Å². The number of anilines is 1. The number of nitrogens with one attached hydrogen (secondary N) is 2. The SMILES string of the molecule is CC(O)(CNC(=O)C(=O)Nc1cc(Cl)ccc1C#N)c1cc2ccccc2s1. The standard InChI is InChI=1S/C20H16ClN3O3S/c1-20(27,17-8-12-4-2-3-5-16(12)28-17)11-23-18(25)19(26)24-15-9-14(21)7-6-13(15)10-22/h2-9,27H,11H2,1H3,(H,23,25)(H,24,26). The van der Waals surface area contributed by atoms with Crippen LogP contribution in [0.4, 0.5) is 5.69 Å². The van der Waals surface area contributed by atoms with E-state index in [0.717, 1.165) is 10.1 Å². The van der Waals surface area contributed by atoms with Crippen LogP contribution in [-0.2, 0) is 15.2 Å². The maximum atomic E-state index is 12.1. The van der Waals surface area contributed by atoms with Gasteiger partial charge in [0.05, 0.1) is 17.8 Å². The van der Waals surface area contributed by atoms with Crippen molar-refractivity contribution >= 4 is 50.5 Å². The lowest BCUT2D eigenvalue weighted by Gasteiger charge is -2.22. The summed E-state index contributed by atoms with van der Waals surface area (Å²) < 4.78 is 1.02. The number of benzene rings is 2. The Labute approximate surface area is 170 Å². The number of hydrogen-bond acceptors (Lipinski definition) is 5. The number of nitrogens with zero attached hydrogens (tertiary/aromatic N) is 1. The smallest absolute Gasteiger partial charge is 0.313 e. The van der Waals surface area contributed by atoms with Crippen LogP contribution in [0.1, 0.15) is 17.4 Å². The van der Waals surface area contributed by atoms with Gasteiger partial charge in [-0.15, -0.1) is 11.3 Å². The Balaban J connectivity index is 1.66. The van der Waals surface area contributed by atoms with Gasteiger partial charge in [-0.3, -0.25) is 9.59 Å². The molecule has 0 aliphatic carbocycles. The zero-order chi connectivity index (χ0) is 20.3. The number of rotatable bonds is 4. The first-order valence-electron chi connectivity index (χ1n) is 8.30. The molecule has 0 saturated heterocycles. The molecule has 2 amide bonds. The number of halogens is 1. The minimum Gasteiger partial charge on any atom is -0.383 e. The fourth-order valence-electron chi connectivity index (χ4n) is 2.56. The third-order valence-corrected chi connectivity index (χ3v) is 5.71. The molecule has 0 fully saturated rings. The second-order valence-electron chi connectivity index (χ2n) is 6.36. The van der Waals surface area contributed by atoms with Gasteiger partial charge in [0.15, 0.2) is 0 Å². The predicted octanol–water partition coefficient (Wildman–Crippen LogP) is 3.39. The van der Waals surface area contributed by atoms with E-state index in [9.17, 15) is 14.7 Å². The third kappa shape index (κ3) is 4.31. The molecule has 3 aromatic rings. The van der Waals surface area contributed by atoms with Crippen LogP contribution in [-0.4, -0.2) is 23.5 Å². The lowest BCUT2D eigenvalue weighted by molar-refractivity contribution is -0.136. The minimum absolute atomic E-state index is 0.145. The normalized spacial score (nSPS) is 12.8. The Morgan fingerprint density at radius 1 is 1.21 bits per heavy atom. The lowest BCUT2D eigenvalue weighted by Crippen LogP contribution is -2.43. The van der Waals surface area contributed by atoms with E-state index in [4.69, 9.17) is 16.9 Å². The van der Waals surface area contributed by atoms with Gasteiger partial charge < -0.3 is 15.7 Å². The first-order valence-corrected chi connectivity index (χ1v) is 9.50. The average Bonchev–Trinajstić information content (AvgIpc) is 3.11. The number of carbonyl (C=O) groups excluding carboxylic acids is 2. The van der Waals surface area contributed by atoms with Gasteiger partial charge >= 0.3 is 11.8 Å². The summed E-state index contributed by atoms with van der Waals surface area (Å²) in [5, 5.41) is 25.9. The second kappa shape index (κ2) is 7.98. The Morgan fingerprint density at radius 3 is 2.68 bits per heavy atom. The van der Waals surface area contributed by atoms with Crippen molar-refractivity contribution in [1.82, 2.24) is 5.32 Å². The summed E-state index contributed by atoms with van der Waals surface area (Å²) in [5.41, 5.74) is -1.01. The lowest BCUT2D eigenvalue weighted by atomic mass is 10.0. The van der Waals surface area contributed by atoms with Gasteiger partial charge in [0.2, 0.25) is 0 Å². The summed E-state index contributed by atoms with van der Waals surface area (Å²) in [5.74, 6) is -1.88. The number of amides is 2. The summed E-state index contributed by atoms with van der Waals surface area (Å²) in [7, 11) is 0. The summed E-state index contributed by atoms with van der Waals surface area (Å²) in [6.07, 6.45) is 0. The van der Waals surface area contributed by atoms with E-state index in [1.807, 2.05) is 36.4 Å². The molecule has 1 unspecified atom stereocenters. The van der Waals surface area contributed by atoms with Crippen molar-refractivity contribution in [2.75, 3.05) is 11.9 Å². The molecule has 142 valence electrons. The Hall–Kier alpha value is -2.92. The van der Waals surface area contributed by atoms with Crippen LogP contribution in [0.25, 0.3) is 10.1 Å². The highest BCUT2D eigenvalue weighted by Crippen LogP contribution is 2.32. The van der Waals surface area contributed by atoms with Crippen molar-refractivity contribution in [3.63, 3.8) is 0 Å². The zero-order valence-corrected chi connectivity index (χ0v) is 16.4. The first kappa shape index (κ1) is 19.8. The predicted molar refractivity (Wildman–Crippen MR) is 109 cm³/mol. The van der Waals surface area contributed by atoms with Gasteiger partial charge in [0, 0.05) is 14.6 Å². The van der Waals surface area contributed by atoms with Crippen molar-refractivity contribution in [2.24, 2.45) is 0 Å². The highest BCUT2D eigenvalue weighted by atomic mass is 35.5. The van der Waals surface area contributed by atoms with Gasteiger partial charge in [-0.2, -0.15) is 5.26 Å². The van der Waals surface area contributed by atoms with Crippen molar-refractivity contribution < 1.29 is 14.7 Å². The van der Waals surface area contributed by atoms with Crippen molar-refractivity contribution in [3.05, 3.63) is 64.0 Å². The summed E-state index contributed by atoms with van der Waals surface area (Å²) in [6.45, 7) is 1.42. The molecule has 6 nitrogen and oxygen atoms in total. The van der Waals surface area contributed by atoms with Crippen LogP contribution in [0.15, 0.2) is 48.5 Å². The molecule has 3 N–H and O–H groups in total. The Bertz CT molecular complexity index is 1070. The molecule has 0 spiro atoms. The largest absolute Gasteiger partial charge is 0.383 e. The number of carbonyl (C=O) groups is 2. The molecule has 0 aliphatic heterocycles. The summed E-state index contributed by atoms with van der Waals surface area (Å²) in [6, 6.07) is 15.8. The molecule has 1 atom stereocenters. The number of fused-ring (bicyclic) bond motifs is 1. The highest BCUT2D eigenvalue weighted by molar-refractivity contribution is 7.19. The van der Waals surface area contributed by atoms with Gasteiger partial charge in [0.25, 0.3) is 0 Å². The second-order valence-corrected chi connectivity index (χ2v) is 7.88. The van der Waals surface area contributed by atoms with Gasteiger partial charge in [-0.25, -0.2) is 0 Å². The summed E-state index contributed by atoms with van der Waals surface area (Å²) >= 11 is 7.29. The van der Waals surface area contributed by atoms with Gasteiger partial charge in [-0.05, 0) is 42.6 Å². The van der Waals surface area contributed by atoms with Crippen LogP contribution in [0.2, 0.25) is 5.02 Å². The Kier molecular flexibility index (Phi) is 5.66.